The highest BCUT2D eigenvalue weighted by atomic mass is 35.5. The highest BCUT2D eigenvalue weighted by Crippen LogP contribution is 2.41. The van der Waals surface area contributed by atoms with Crippen LogP contribution in [0.25, 0.3) is 0 Å². The number of benzene rings is 4. The van der Waals surface area contributed by atoms with Gasteiger partial charge in [-0.05, 0) is 68.3 Å². The number of β-lactam (4-membered cyclic amide) rings is 1. The number of phenols is 3. The van der Waals surface area contributed by atoms with Gasteiger partial charge in [-0.15, -0.1) is 11.8 Å². The van der Waals surface area contributed by atoms with Gasteiger partial charge in [-0.3, -0.25) is 14.5 Å². The zero-order valence-corrected chi connectivity index (χ0v) is 31.8. The van der Waals surface area contributed by atoms with Gasteiger partial charge in [-0.1, -0.05) is 60.1 Å². The maximum absolute atomic E-state index is 13.5. The van der Waals surface area contributed by atoms with Crippen molar-refractivity contribution in [3.05, 3.63) is 129 Å². The summed E-state index contributed by atoms with van der Waals surface area (Å²) in [6.07, 6.45) is 0.207. The molecule has 286 valence electrons. The minimum Gasteiger partial charge on any atom is -0.508 e. The monoisotopic (exact) mass is 786 g/mol. The number of hydrogen-bond donors (Lipinski definition) is 4. The van der Waals surface area contributed by atoms with Crippen LogP contribution in [0.5, 0.6) is 23.0 Å². The topological polar surface area (TPSA) is 172 Å². The summed E-state index contributed by atoms with van der Waals surface area (Å²) in [4.78, 5) is 54.3. The number of nitrogens with zero attached hydrogens (tertiary/aromatic N) is 1. The molecule has 2 aliphatic heterocycles. The Morgan fingerprint density at radius 1 is 0.855 bits per heavy atom. The lowest BCUT2D eigenvalue weighted by molar-refractivity contribution is -0.159. The van der Waals surface area contributed by atoms with E-state index in [2.05, 4.69) is 5.32 Å². The fourth-order valence-electron chi connectivity index (χ4n) is 6.18. The van der Waals surface area contributed by atoms with Gasteiger partial charge in [-0.25, -0.2) is 9.59 Å². The smallest absolute Gasteiger partial charge is 0.355 e. The first kappa shape index (κ1) is 39.0. The van der Waals surface area contributed by atoms with Crippen molar-refractivity contribution in [3.63, 3.8) is 0 Å². The molecule has 14 heteroatoms. The summed E-state index contributed by atoms with van der Waals surface area (Å²) in [6, 6.07) is 22.3. The molecule has 2 amide bonds. The second-order valence-corrected chi connectivity index (χ2v) is 15.5. The number of phenolic OH excluding ortho intramolecular Hbond substituents is 3. The van der Waals surface area contributed by atoms with Gasteiger partial charge < -0.3 is 34.8 Å². The van der Waals surface area contributed by atoms with Crippen molar-refractivity contribution in [2.75, 3.05) is 19.0 Å². The first-order valence-corrected chi connectivity index (χ1v) is 18.7. The molecule has 6 rings (SSSR count). The summed E-state index contributed by atoms with van der Waals surface area (Å²) in [5.74, 6) is -2.43. The standard InChI is InChI=1S/C41H39ClN2O10S/c1-41(2,3)54-40(51)34-27(22-55-38-33(37(49)44(34)38)43-32(46)21-52-29-12-5-4-6-13-29)20-53-39(50)30-14-9-11-24(36(30)48)17-26-19-28(42)18-25(35(26)47)16-23-10-7-8-15-31(23)45/h4-15,18-19,33,38,45,47-48H,16-17,20-22H2,1-3H3,(H,43,46)/t33?,38-/m1/s1. The first-order valence-electron chi connectivity index (χ1n) is 17.3. The van der Waals surface area contributed by atoms with Crippen molar-refractivity contribution in [1.82, 2.24) is 10.2 Å². The summed E-state index contributed by atoms with van der Waals surface area (Å²) in [7, 11) is 0. The van der Waals surface area contributed by atoms with E-state index >= 15 is 0 Å². The van der Waals surface area contributed by atoms with Crippen molar-refractivity contribution < 1.29 is 48.7 Å². The quantitative estimate of drug-likeness (QED) is 0.100. The van der Waals surface area contributed by atoms with Crippen LogP contribution in [-0.2, 0) is 36.7 Å². The average Bonchev–Trinajstić information content (AvgIpc) is 3.14. The summed E-state index contributed by atoms with van der Waals surface area (Å²) in [5, 5.41) is 35.0. The number of rotatable bonds is 12. The molecule has 1 unspecified atom stereocenters. The van der Waals surface area contributed by atoms with Gasteiger partial charge in [0.05, 0.1) is 0 Å². The van der Waals surface area contributed by atoms with Crippen LogP contribution >= 0.6 is 23.4 Å². The average molecular weight is 787 g/mol. The molecule has 1 saturated heterocycles. The molecule has 55 heavy (non-hydrogen) atoms. The zero-order chi connectivity index (χ0) is 39.4. The van der Waals surface area contributed by atoms with E-state index in [0.29, 0.717) is 38.6 Å². The van der Waals surface area contributed by atoms with Crippen LogP contribution in [0.3, 0.4) is 0 Å². The van der Waals surface area contributed by atoms with Crippen LogP contribution in [0, 0.1) is 0 Å². The molecule has 12 nitrogen and oxygen atoms in total. The molecule has 2 aliphatic rings. The number of carbonyl (C=O) groups excluding carboxylic acids is 4. The summed E-state index contributed by atoms with van der Waals surface area (Å²) < 4.78 is 16.7. The molecule has 4 aromatic rings. The van der Waals surface area contributed by atoms with E-state index in [1.807, 2.05) is 6.07 Å². The van der Waals surface area contributed by atoms with Gasteiger partial charge in [0.1, 0.15) is 57.9 Å². The molecule has 2 heterocycles. The fraction of sp³-hybridized carbons (Fsp3) is 0.268. The molecule has 0 saturated carbocycles. The molecular formula is C41H39ClN2O10S. The van der Waals surface area contributed by atoms with Gasteiger partial charge in [0.15, 0.2) is 6.61 Å². The van der Waals surface area contributed by atoms with E-state index in [1.54, 1.807) is 93.6 Å². The first-order chi connectivity index (χ1) is 26.2. The maximum Gasteiger partial charge on any atom is 0.355 e. The molecule has 0 aromatic heterocycles. The molecule has 0 radical (unpaired) electrons. The van der Waals surface area contributed by atoms with Crippen LogP contribution < -0.4 is 10.1 Å². The summed E-state index contributed by atoms with van der Waals surface area (Å²) >= 11 is 7.68. The van der Waals surface area contributed by atoms with Crippen LogP contribution in [-0.4, -0.2) is 80.0 Å². The second-order valence-electron chi connectivity index (χ2n) is 14.0. The number of fused-ring (bicyclic) bond motifs is 1. The number of ether oxygens (including phenoxy) is 3. The van der Waals surface area contributed by atoms with E-state index in [9.17, 15) is 34.5 Å². The molecule has 0 bridgehead atoms. The van der Waals surface area contributed by atoms with Gasteiger partial charge in [-0.2, -0.15) is 0 Å². The Morgan fingerprint density at radius 3 is 2.20 bits per heavy atom. The van der Waals surface area contributed by atoms with Crippen LogP contribution in [0.15, 0.2) is 96.2 Å². The third-order valence-corrected chi connectivity index (χ3v) is 10.3. The van der Waals surface area contributed by atoms with Gasteiger partial charge >= 0.3 is 11.9 Å². The fourth-order valence-corrected chi connectivity index (χ4v) is 7.77. The molecule has 4 N–H and O–H groups in total. The lowest BCUT2D eigenvalue weighted by atomic mass is 9.96. The van der Waals surface area contributed by atoms with Crippen molar-refractivity contribution in [1.29, 1.82) is 0 Å². The van der Waals surface area contributed by atoms with Gasteiger partial charge in [0.2, 0.25) is 0 Å². The summed E-state index contributed by atoms with van der Waals surface area (Å²) in [5.41, 5.74) is 0.918. The Hall–Kier alpha value is -5.66. The number of halogens is 1. The zero-order valence-electron chi connectivity index (χ0n) is 30.2. The van der Waals surface area contributed by atoms with Crippen LogP contribution in [0.2, 0.25) is 5.02 Å². The molecule has 1 fully saturated rings. The molecular weight excluding hydrogens is 748 g/mol. The van der Waals surface area contributed by atoms with E-state index < -0.39 is 47.4 Å². The predicted molar refractivity (Wildman–Crippen MR) is 205 cm³/mol. The number of esters is 2. The minimum absolute atomic E-state index is 0.00620. The Labute approximate surface area is 326 Å². The SMILES string of the molecule is CC(C)(C)OC(=O)C1=C(COC(=O)c2cccc(Cc3cc(Cl)cc(Cc4ccccc4O)c3O)c2O)CS[C@@H]2C(NC(=O)COc3ccccc3)C(=O)N12. The van der Waals surface area contributed by atoms with Crippen molar-refractivity contribution in [2.24, 2.45) is 0 Å². The Balaban J connectivity index is 1.16. The Kier molecular flexibility index (Phi) is 11.6. The molecule has 4 aromatic carbocycles. The highest BCUT2D eigenvalue weighted by Gasteiger charge is 2.54. The Morgan fingerprint density at radius 2 is 1.51 bits per heavy atom. The highest BCUT2D eigenvalue weighted by molar-refractivity contribution is 8.00. The molecule has 2 atom stereocenters. The van der Waals surface area contributed by atoms with Crippen LogP contribution in [0.4, 0.5) is 0 Å². The predicted octanol–water partition coefficient (Wildman–Crippen LogP) is 5.87. The number of amides is 2. The molecule has 0 spiro atoms. The summed E-state index contributed by atoms with van der Waals surface area (Å²) in [6.45, 7) is 4.34. The number of thioether (sulfide) groups is 1. The number of aromatic hydroxyl groups is 3. The Bertz CT molecular complexity index is 2170. The second kappa shape index (κ2) is 16.4. The minimum atomic E-state index is -0.918. The van der Waals surface area contributed by atoms with Gasteiger partial charge in [0.25, 0.3) is 11.8 Å². The van der Waals surface area contributed by atoms with Crippen molar-refractivity contribution in [3.8, 4) is 23.0 Å². The normalized spacial score (nSPS) is 16.5. The van der Waals surface area contributed by atoms with Gasteiger partial charge in [0, 0.05) is 40.3 Å². The number of hydrogen-bond acceptors (Lipinski definition) is 11. The van der Waals surface area contributed by atoms with E-state index in [0.717, 1.165) is 0 Å². The maximum atomic E-state index is 13.5. The van der Waals surface area contributed by atoms with E-state index in [1.165, 1.54) is 22.7 Å². The largest absolute Gasteiger partial charge is 0.508 e. The third-order valence-electron chi connectivity index (χ3n) is 8.77. The van der Waals surface area contributed by atoms with Crippen molar-refractivity contribution in [2.45, 2.75) is 50.6 Å². The lowest BCUT2D eigenvalue weighted by Gasteiger charge is -2.49. The lowest BCUT2D eigenvalue weighted by Crippen LogP contribution is -2.71. The third kappa shape index (κ3) is 9.01. The number of carbonyl (C=O) groups is 4. The van der Waals surface area contributed by atoms with E-state index in [-0.39, 0.29) is 53.7 Å². The van der Waals surface area contributed by atoms with E-state index in [4.69, 9.17) is 25.8 Å². The number of para-hydroxylation sites is 3. The van der Waals surface area contributed by atoms with Crippen molar-refractivity contribution >= 4 is 47.1 Å². The van der Waals surface area contributed by atoms with Crippen LogP contribution in [0.1, 0.15) is 53.4 Å². The molecule has 0 aliphatic carbocycles. The number of nitrogens with one attached hydrogen (secondary N) is 1.